The molecule has 0 aliphatic heterocycles. The summed E-state index contributed by atoms with van der Waals surface area (Å²) in [5, 5.41) is 5.09. The molecule has 16 heavy (non-hydrogen) atoms. The second-order valence-corrected chi connectivity index (χ2v) is 2.91. The van der Waals surface area contributed by atoms with E-state index in [4.69, 9.17) is 4.74 Å². The number of carbonyl (C=O) groups excluding carboxylic acids is 2. The van der Waals surface area contributed by atoms with E-state index in [2.05, 4.69) is 21.9 Å². The highest BCUT2D eigenvalue weighted by molar-refractivity contribution is 5.76. The van der Waals surface area contributed by atoms with Crippen LogP contribution in [0.5, 0.6) is 0 Å². The van der Waals surface area contributed by atoms with Crippen molar-refractivity contribution >= 4 is 12.0 Å². The molecule has 0 saturated carbocycles. The zero-order valence-electron chi connectivity index (χ0n) is 9.45. The average molecular weight is 230 g/mol. The van der Waals surface area contributed by atoms with Gasteiger partial charge in [-0.1, -0.05) is 12.7 Å². The smallest absolute Gasteiger partial charge is 0.407 e. The SMILES string of the molecule is C=CCOC(=O)NCCNC(=O)CCOC. The zero-order valence-corrected chi connectivity index (χ0v) is 9.45. The second-order valence-electron chi connectivity index (χ2n) is 2.91. The molecule has 0 aromatic heterocycles. The van der Waals surface area contributed by atoms with Gasteiger partial charge >= 0.3 is 6.09 Å². The minimum atomic E-state index is -0.522. The van der Waals surface area contributed by atoms with Crippen LogP contribution in [0.3, 0.4) is 0 Å². The van der Waals surface area contributed by atoms with Crippen molar-refractivity contribution in [2.24, 2.45) is 0 Å². The van der Waals surface area contributed by atoms with E-state index in [1.807, 2.05) is 0 Å². The molecule has 0 radical (unpaired) electrons. The molecule has 0 aliphatic rings. The van der Waals surface area contributed by atoms with Gasteiger partial charge in [0.1, 0.15) is 6.61 Å². The first-order valence-electron chi connectivity index (χ1n) is 4.98. The van der Waals surface area contributed by atoms with Crippen LogP contribution in [-0.2, 0) is 14.3 Å². The molecular formula is C10H18N2O4. The highest BCUT2D eigenvalue weighted by Crippen LogP contribution is 1.80. The quantitative estimate of drug-likeness (QED) is 0.456. The predicted molar refractivity (Wildman–Crippen MR) is 59.1 cm³/mol. The molecule has 92 valence electrons. The molecule has 0 saturated heterocycles. The summed E-state index contributed by atoms with van der Waals surface area (Å²) in [4.78, 5) is 22.0. The first-order valence-corrected chi connectivity index (χ1v) is 4.98. The molecule has 2 amide bonds. The Bertz CT molecular complexity index is 231. The standard InChI is InChI=1S/C10H18N2O4/c1-3-7-16-10(14)12-6-5-11-9(13)4-8-15-2/h3H,1,4-8H2,2H3,(H,11,13)(H,12,14). The van der Waals surface area contributed by atoms with Gasteiger partial charge in [0.15, 0.2) is 0 Å². The van der Waals surface area contributed by atoms with Crippen molar-refractivity contribution in [1.82, 2.24) is 10.6 Å². The Morgan fingerprint density at radius 3 is 2.62 bits per heavy atom. The van der Waals surface area contributed by atoms with Crippen molar-refractivity contribution in [2.45, 2.75) is 6.42 Å². The van der Waals surface area contributed by atoms with Crippen LogP contribution in [0.1, 0.15) is 6.42 Å². The van der Waals surface area contributed by atoms with Gasteiger partial charge in [0, 0.05) is 26.6 Å². The van der Waals surface area contributed by atoms with Crippen LogP contribution in [0.4, 0.5) is 4.79 Å². The third kappa shape index (κ3) is 9.01. The van der Waals surface area contributed by atoms with Crippen LogP contribution in [0.2, 0.25) is 0 Å². The summed E-state index contributed by atoms with van der Waals surface area (Å²) in [5.41, 5.74) is 0. The number of methoxy groups -OCH3 is 1. The molecular weight excluding hydrogens is 212 g/mol. The first kappa shape index (κ1) is 14.4. The normalized spacial score (nSPS) is 9.31. The van der Waals surface area contributed by atoms with Gasteiger partial charge in [-0.25, -0.2) is 4.79 Å². The molecule has 0 spiro atoms. The Balaban J connectivity index is 3.34. The van der Waals surface area contributed by atoms with E-state index in [-0.39, 0.29) is 12.5 Å². The van der Waals surface area contributed by atoms with Gasteiger partial charge in [-0.3, -0.25) is 4.79 Å². The lowest BCUT2D eigenvalue weighted by molar-refractivity contribution is -0.121. The lowest BCUT2D eigenvalue weighted by atomic mass is 10.4. The van der Waals surface area contributed by atoms with E-state index in [0.717, 1.165) is 0 Å². The van der Waals surface area contributed by atoms with Crippen molar-refractivity contribution in [2.75, 3.05) is 33.4 Å². The van der Waals surface area contributed by atoms with Crippen LogP contribution < -0.4 is 10.6 Å². The fraction of sp³-hybridized carbons (Fsp3) is 0.600. The minimum Gasteiger partial charge on any atom is -0.445 e. The lowest BCUT2D eigenvalue weighted by Gasteiger charge is -2.06. The predicted octanol–water partition coefficient (Wildman–Crippen LogP) is 0.0513. The highest BCUT2D eigenvalue weighted by Gasteiger charge is 2.01. The summed E-state index contributed by atoms with van der Waals surface area (Å²) >= 11 is 0. The van der Waals surface area contributed by atoms with Gasteiger partial charge in [0.2, 0.25) is 5.91 Å². The van der Waals surface area contributed by atoms with E-state index in [1.54, 1.807) is 0 Å². The number of rotatable bonds is 8. The lowest BCUT2D eigenvalue weighted by Crippen LogP contribution is -2.35. The number of amides is 2. The van der Waals surface area contributed by atoms with Crippen molar-refractivity contribution < 1.29 is 19.1 Å². The Hall–Kier alpha value is -1.56. The Labute approximate surface area is 95.0 Å². The Morgan fingerprint density at radius 1 is 1.31 bits per heavy atom. The van der Waals surface area contributed by atoms with Crippen molar-refractivity contribution in [1.29, 1.82) is 0 Å². The fourth-order valence-corrected chi connectivity index (χ4v) is 0.835. The van der Waals surface area contributed by atoms with Gasteiger partial charge in [-0.05, 0) is 0 Å². The van der Waals surface area contributed by atoms with Crippen LogP contribution in [0.25, 0.3) is 0 Å². The maximum Gasteiger partial charge on any atom is 0.407 e. The minimum absolute atomic E-state index is 0.108. The molecule has 0 aromatic rings. The molecule has 6 nitrogen and oxygen atoms in total. The van der Waals surface area contributed by atoms with E-state index >= 15 is 0 Å². The summed E-state index contributed by atoms with van der Waals surface area (Å²) in [7, 11) is 1.53. The largest absolute Gasteiger partial charge is 0.445 e. The monoisotopic (exact) mass is 230 g/mol. The molecule has 6 heteroatoms. The van der Waals surface area contributed by atoms with Gasteiger partial charge in [-0.2, -0.15) is 0 Å². The number of ether oxygens (including phenoxy) is 2. The molecule has 0 atom stereocenters. The van der Waals surface area contributed by atoms with Crippen LogP contribution in [0, 0.1) is 0 Å². The fourth-order valence-electron chi connectivity index (χ4n) is 0.835. The van der Waals surface area contributed by atoms with Crippen molar-refractivity contribution in [3.05, 3.63) is 12.7 Å². The molecule has 0 unspecified atom stereocenters. The molecule has 0 bridgehead atoms. The number of nitrogens with one attached hydrogen (secondary N) is 2. The number of carbonyl (C=O) groups is 2. The number of alkyl carbamates (subject to hydrolysis) is 1. The van der Waals surface area contributed by atoms with Gasteiger partial charge in [0.25, 0.3) is 0 Å². The molecule has 0 aliphatic carbocycles. The average Bonchev–Trinajstić information content (AvgIpc) is 2.29. The molecule has 2 N–H and O–H groups in total. The highest BCUT2D eigenvalue weighted by atomic mass is 16.5. The molecule has 0 rings (SSSR count). The number of hydrogen-bond acceptors (Lipinski definition) is 4. The topological polar surface area (TPSA) is 76.7 Å². The van der Waals surface area contributed by atoms with E-state index in [1.165, 1.54) is 13.2 Å². The zero-order chi connectivity index (χ0) is 12.2. The van der Waals surface area contributed by atoms with Crippen LogP contribution in [0.15, 0.2) is 12.7 Å². The van der Waals surface area contributed by atoms with Crippen LogP contribution in [-0.4, -0.2) is 45.4 Å². The van der Waals surface area contributed by atoms with E-state index in [0.29, 0.717) is 26.1 Å². The van der Waals surface area contributed by atoms with Gasteiger partial charge < -0.3 is 20.1 Å². The summed E-state index contributed by atoms with van der Waals surface area (Å²) in [6.07, 6.45) is 1.27. The number of hydrogen-bond donors (Lipinski definition) is 2. The van der Waals surface area contributed by atoms with Gasteiger partial charge in [0.05, 0.1) is 6.61 Å². The summed E-state index contributed by atoms with van der Waals surface area (Å²) in [6, 6.07) is 0. The third-order valence-electron chi connectivity index (χ3n) is 1.58. The third-order valence-corrected chi connectivity index (χ3v) is 1.58. The molecule has 0 heterocycles. The second kappa shape index (κ2) is 9.97. The maximum absolute atomic E-state index is 11.1. The van der Waals surface area contributed by atoms with Crippen molar-refractivity contribution in [3.8, 4) is 0 Å². The first-order chi connectivity index (χ1) is 7.70. The maximum atomic E-state index is 11.1. The van der Waals surface area contributed by atoms with E-state index < -0.39 is 6.09 Å². The van der Waals surface area contributed by atoms with E-state index in [9.17, 15) is 9.59 Å². The summed E-state index contributed by atoms with van der Waals surface area (Å²) in [6.45, 7) is 4.66. The summed E-state index contributed by atoms with van der Waals surface area (Å²) in [5.74, 6) is -0.108. The van der Waals surface area contributed by atoms with Gasteiger partial charge in [-0.15, -0.1) is 0 Å². The van der Waals surface area contributed by atoms with Crippen molar-refractivity contribution in [3.63, 3.8) is 0 Å². The molecule has 0 fully saturated rings. The van der Waals surface area contributed by atoms with Crippen LogP contribution >= 0.6 is 0 Å². The summed E-state index contributed by atoms with van der Waals surface area (Å²) < 4.78 is 9.40. The molecule has 0 aromatic carbocycles. The Morgan fingerprint density at radius 2 is 2.00 bits per heavy atom. The Kier molecular flexibility index (Phi) is 9.00.